The maximum atomic E-state index is 13.6. The molecule has 0 radical (unpaired) electrons. The molecule has 3 rings (SSSR count). The number of hydrogen-bond donors (Lipinski definition) is 1. The predicted octanol–water partition coefficient (Wildman–Crippen LogP) is 6.35. The van der Waals surface area contributed by atoms with Crippen molar-refractivity contribution in [2.75, 3.05) is 32.6 Å². The number of carbonyl (C=O) groups is 2. The van der Waals surface area contributed by atoms with Crippen LogP contribution in [0.3, 0.4) is 0 Å². The van der Waals surface area contributed by atoms with Crippen molar-refractivity contribution >= 4 is 44.9 Å². The average Bonchev–Trinajstić information content (AvgIpc) is 3.30. The van der Waals surface area contributed by atoms with Crippen LogP contribution in [0, 0.1) is 6.92 Å². The van der Waals surface area contributed by atoms with Crippen molar-refractivity contribution in [2.45, 2.75) is 39.8 Å². The molecule has 7 nitrogen and oxygen atoms in total. The predicted molar refractivity (Wildman–Crippen MR) is 153 cm³/mol. The Kier molecular flexibility index (Phi) is 10.4. The van der Waals surface area contributed by atoms with E-state index in [-0.39, 0.29) is 24.5 Å². The summed E-state index contributed by atoms with van der Waals surface area (Å²) < 4.78 is 11.6. The summed E-state index contributed by atoms with van der Waals surface area (Å²) in [6, 6.07) is 16.8. The van der Waals surface area contributed by atoms with Gasteiger partial charge in [0.25, 0.3) is 0 Å². The Hall–Kier alpha value is -3.04. The number of methoxy groups -OCH3 is 2. The summed E-state index contributed by atoms with van der Waals surface area (Å²) in [4.78, 5) is 32.4. The Bertz CT molecular complexity index is 1210. The summed E-state index contributed by atoms with van der Waals surface area (Å²) in [6.07, 6.45) is 0.640. The Labute approximate surface area is 231 Å². The topological polar surface area (TPSA) is 71.1 Å². The summed E-state index contributed by atoms with van der Waals surface area (Å²) in [6.45, 7) is 6.83. The van der Waals surface area contributed by atoms with Crippen molar-refractivity contribution in [3.63, 3.8) is 0 Å². The van der Waals surface area contributed by atoms with E-state index in [0.717, 1.165) is 14.9 Å². The number of amides is 3. The van der Waals surface area contributed by atoms with Crippen molar-refractivity contribution in [1.29, 1.82) is 0 Å². The summed E-state index contributed by atoms with van der Waals surface area (Å²) >= 11 is 5.13. The summed E-state index contributed by atoms with van der Waals surface area (Å²) in [5, 5.41) is 2.92. The first kappa shape index (κ1) is 28.5. The minimum atomic E-state index is -0.318. The fourth-order valence-corrected chi connectivity index (χ4v) is 5.12. The standard InChI is InChI=1S/C28H34BrN3O4S/c1-19(2)32(28(34)30-24-9-7-6-8-23(24)29)18-27(33)31(17-22-12-10-20(3)37-22)15-14-21-11-13-25(35-4)26(16-21)36-5/h6-13,16,19H,14-15,17-18H2,1-5H3,(H,30,34). The highest BCUT2D eigenvalue weighted by molar-refractivity contribution is 9.10. The normalized spacial score (nSPS) is 10.8. The van der Waals surface area contributed by atoms with Crippen molar-refractivity contribution in [3.8, 4) is 11.5 Å². The van der Waals surface area contributed by atoms with Gasteiger partial charge in [-0.1, -0.05) is 18.2 Å². The van der Waals surface area contributed by atoms with Gasteiger partial charge in [0.05, 0.1) is 26.5 Å². The minimum absolute atomic E-state index is 0.0236. The maximum Gasteiger partial charge on any atom is 0.322 e. The number of anilines is 1. The fourth-order valence-electron chi connectivity index (χ4n) is 3.83. The third-order valence-corrected chi connectivity index (χ3v) is 7.60. The van der Waals surface area contributed by atoms with Crippen LogP contribution in [0.4, 0.5) is 10.5 Å². The number of halogens is 1. The van der Waals surface area contributed by atoms with Crippen molar-refractivity contribution < 1.29 is 19.1 Å². The van der Waals surface area contributed by atoms with Gasteiger partial charge in [0.15, 0.2) is 11.5 Å². The van der Waals surface area contributed by atoms with E-state index in [0.29, 0.717) is 36.7 Å². The molecule has 1 heterocycles. The second-order valence-corrected chi connectivity index (χ2v) is 11.1. The first-order chi connectivity index (χ1) is 17.7. The number of hydrogen-bond acceptors (Lipinski definition) is 5. The molecule has 0 saturated heterocycles. The Balaban J connectivity index is 1.76. The molecule has 37 heavy (non-hydrogen) atoms. The molecule has 3 amide bonds. The molecule has 1 aromatic heterocycles. The molecule has 0 bridgehead atoms. The SMILES string of the molecule is COc1ccc(CCN(Cc2ccc(C)s2)C(=O)CN(C(=O)Nc2ccccc2Br)C(C)C)cc1OC. The van der Waals surface area contributed by atoms with E-state index in [4.69, 9.17) is 9.47 Å². The lowest BCUT2D eigenvalue weighted by atomic mass is 10.1. The number of aryl methyl sites for hydroxylation is 1. The minimum Gasteiger partial charge on any atom is -0.493 e. The molecule has 0 aliphatic carbocycles. The molecular formula is C28H34BrN3O4S. The van der Waals surface area contributed by atoms with E-state index in [2.05, 4.69) is 40.3 Å². The first-order valence-corrected chi connectivity index (χ1v) is 13.7. The molecule has 0 fully saturated rings. The van der Waals surface area contributed by atoms with E-state index in [1.165, 1.54) is 4.88 Å². The Morgan fingerprint density at radius 1 is 1.03 bits per heavy atom. The lowest BCUT2D eigenvalue weighted by Crippen LogP contribution is -2.47. The lowest BCUT2D eigenvalue weighted by Gasteiger charge is -2.30. The fraction of sp³-hybridized carbons (Fsp3) is 0.357. The number of nitrogens with zero attached hydrogens (tertiary/aromatic N) is 2. The highest BCUT2D eigenvalue weighted by atomic mass is 79.9. The zero-order valence-electron chi connectivity index (χ0n) is 21.9. The van der Waals surface area contributed by atoms with E-state index < -0.39 is 0 Å². The molecule has 3 aromatic rings. The first-order valence-electron chi connectivity index (χ1n) is 12.1. The van der Waals surface area contributed by atoms with Gasteiger partial charge in [-0.25, -0.2) is 4.79 Å². The highest BCUT2D eigenvalue weighted by Gasteiger charge is 2.24. The third-order valence-electron chi connectivity index (χ3n) is 5.92. The van der Waals surface area contributed by atoms with Crippen LogP contribution in [0.1, 0.15) is 29.2 Å². The van der Waals surface area contributed by atoms with Crippen LogP contribution in [0.15, 0.2) is 59.1 Å². The number of thiophene rings is 1. The number of urea groups is 1. The second kappa shape index (κ2) is 13.5. The van der Waals surface area contributed by atoms with Crippen LogP contribution < -0.4 is 14.8 Å². The van der Waals surface area contributed by atoms with Crippen molar-refractivity contribution in [2.24, 2.45) is 0 Å². The van der Waals surface area contributed by atoms with Gasteiger partial charge in [0.2, 0.25) is 5.91 Å². The van der Waals surface area contributed by atoms with Gasteiger partial charge in [0.1, 0.15) is 6.54 Å². The largest absolute Gasteiger partial charge is 0.493 e. The van der Waals surface area contributed by atoms with Gasteiger partial charge in [-0.2, -0.15) is 0 Å². The van der Waals surface area contributed by atoms with Gasteiger partial charge in [-0.05, 0) is 85.1 Å². The van der Waals surface area contributed by atoms with Crippen LogP contribution in [0.2, 0.25) is 0 Å². The van der Waals surface area contributed by atoms with Gasteiger partial charge in [-0.3, -0.25) is 4.79 Å². The molecule has 0 atom stereocenters. The number of ether oxygens (including phenoxy) is 2. The number of benzene rings is 2. The molecular weight excluding hydrogens is 554 g/mol. The Morgan fingerprint density at radius 2 is 1.76 bits per heavy atom. The number of rotatable bonds is 11. The molecule has 0 aliphatic rings. The van der Waals surface area contributed by atoms with Gasteiger partial charge in [0, 0.05) is 26.8 Å². The molecule has 0 spiro atoms. The van der Waals surface area contributed by atoms with E-state index in [9.17, 15) is 9.59 Å². The molecule has 0 unspecified atom stereocenters. The van der Waals surface area contributed by atoms with Crippen LogP contribution in [-0.2, 0) is 17.8 Å². The lowest BCUT2D eigenvalue weighted by molar-refractivity contribution is -0.132. The quantitative estimate of drug-likeness (QED) is 0.284. The van der Waals surface area contributed by atoms with Gasteiger partial charge < -0.3 is 24.6 Å². The number of para-hydroxylation sites is 1. The van der Waals surface area contributed by atoms with E-state index >= 15 is 0 Å². The van der Waals surface area contributed by atoms with Crippen LogP contribution in [0.5, 0.6) is 11.5 Å². The number of nitrogens with one attached hydrogen (secondary N) is 1. The van der Waals surface area contributed by atoms with Gasteiger partial charge >= 0.3 is 6.03 Å². The van der Waals surface area contributed by atoms with E-state index in [1.807, 2.05) is 61.2 Å². The van der Waals surface area contributed by atoms with Crippen molar-refractivity contribution in [3.05, 3.63) is 74.4 Å². The number of carbonyl (C=O) groups excluding carboxylic acids is 2. The average molecular weight is 589 g/mol. The molecule has 1 N–H and O–H groups in total. The van der Waals surface area contributed by atoms with Crippen molar-refractivity contribution in [1.82, 2.24) is 9.80 Å². The third kappa shape index (κ3) is 7.97. The summed E-state index contributed by atoms with van der Waals surface area (Å²) in [7, 11) is 3.21. The highest BCUT2D eigenvalue weighted by Crippen LogP contribution is 2.28. The second-order valence-electron chi connectivity index (χ2n) is 8.90. The molecule has 198 valence electrons. The van der Waals surface area contributed by atoms with Gasteiger partial charge in [-0.15, -0.1) is 11.3 Å². The molecule has 2 aromatic carbocycles. The van der Waals surface area contributed by atoms with Crippen LogP contribution in [-0.4, -0.2) is 55.1 Å². The van der Waals surface area contributed by atoms with Crippen LogP contribution in [0.25, 0.3) is 0 Å². The smallest absolute Gasteiger partial charge is 0.322 e. The zero-order valence-corrected chi connectivity index (χ0v) is 24.3. The monoisotopic (exact) mass is 587 g/mol. The zero-order chi connectivity index (χ0) is 26.9. The maximum absolute atomic E-state index is 13.6. The summed E-state index contributed by atoms with van der Waals surface area (Å²) in [5.74, 6) is 1.21. The molecule has 9 heteroatoms. The van der Waals surface area contributed by atoms with Crippen LogP contribution >= 0.6 is 27.3 Å². The van der Waals surface area contributed by atoms with E-state index in [1.54, 1.807) is 30.5 Å². The Morgan fingerprint density at radius 3 is 2.38 bits per heavy atom. The molecule has 0 aliphatic heterocycles. The molecule has 0 saturated carbocycles. The summed E-state index contributed by atoms with van der Waals surface area (Å²) in [5.41, 5.74) is 1.69.